The smallest absolute Gasteiger partial charge is 0.254 e. The average molecular weight is 356 g/mol. The van der Waals surface area contributed by atoms with Gasteiger partial charge in [0.2, 0.25) is 5.91 Å². The van der Waals surface area contributed by atoms with Crippen LogP contribution in [0.1, 0.15) is 47.6 Å². The molecule has 2 amide bonds. The van der Waals surface area contributed by atoms with E-state index in [2.05, 4.69) is 22.4 Å². The first kappa shape index (κ1) is 17.4. The number of nitrogens with zero attached hydrogens (tertiary/aromatic N) is 1. The van der Waals surface area contributed by atoms with E-state index in [0.29, 0.717) is 41.5 Å². The first-order valence-electron chi connectivity index (χ1n) is 9.83. The molecule has 5 nitrogen and oxygen atoms in total. The van der Waals surface area contributed by atoms with Crippen molar-refractivity contribution in [1.82, 2.24) is 10.2 Å². The summed E-state index contributed by atoms with van der Waals surface area (Å²) in [5.41, 5.74) is 0.624. The summed E-state index contributed by atoms with van der Waals surface area (Å²) < 4.78 is 5.43. The van der Waals surface area contributed by atoms with E-state index in [1.54, 1.807) is 6.07 Å². The van der Waals surface area contributed by atoms with Gasteiger partial charge in [0.05, 0.1) is 5.56 Å². The van der Waals surface area contributed by atoms with Gasteiger partial charge in [-0.05, 0) is 63.4 Å². The van der Waals surface area contributed by atoms with Crippen LogP contribution in [-0.4, -0.2) is 36.3 Å². The molecular weight excluding hydrogens is 328 g/mol. The molecule has 0 spiro atoms. The molecule has 5 heteroatoms. The van der Waals surface area contributed by atoms with E-state index in [9.17, 15) is 9.59 Å². The number of carbonyl (C=O) groups excluding carboxylic acids is 2. The van der Waals surface area contributed by atoms with E-state index in [1.165, 1.54) is 6.42 Å². The number of amides is 2. The SMILES string of the molecule is Cc1cc(C(=O)NCC2CCN(C(=O)[C@@H]3C[C@@H]4C=C[C@H]3C4)CC2)c(C)o1. The van der Waals surface area contributed by atoms with Crippen LogP contribution in [0.3, 0.4) is 0 Å². The zero-order valence-electron chi connectivity index (χ0n) is 15.7. The predicted octanol–water partition coefficient (Wildman–Crippen LogP) is 3.08. The van der Waals surface area contributed by atoms with Gasteiger partial charge in [0, 0.05) is 25.6 Å². The predicted molar refractivity (Wildman–Crippen MR) is 98.7 cm³/mol. The van der Waals surface area contributed by atoms with Crippen LogP contribution in [-0.2, 0) is 4.79 Å². The molecule has 0 unspecified atom stereocenters. The van der Waals surface area contributed by atoms with Gasteiger partial charge in [-0.1, -0.05) is 12.2 Å². The Kier molecular flexibility index (Phi) is 4.63. The molecule has 0 aromatic carbocycles. The minimum atomic E-state index is -0.0633. The van der Waals surface area contributed by atoms with Crippen LogP contribution in [0.2, 0.25) is 0 Å². The molecule has 1 N–H and O–H groups in total. The van der Waals surface area contributed by atoms with Crippen molar-refractivity contribution < 1.29 is 14.0 Å². The van der Waals surface area contributed by atoms with Crippen LogP contribution in [0, 0.1) is 37.5 Å². The molecule has 26 heavy (non-hydrogen) atoms. The summed E-state index contributed by atoms with van der Waals surface area (Å²) in [5, 5.41) is 3.03. The van der Waals surface area contributed by atoms with E-state index < -0.39 is 0 Å². The molecule has 1 saturated heterocycles. The van der Waals surface area contributed by atoms with Gasteiger partial charge in [0.15, 0.2) is 0 Å². The highest BCUT2D eigenvalue weighted by Crippen LogP contribution is 2.44. The van der Waals surface area contributed by atoms with Gasteiger partial charge in [-0.2, -0.15) is 0 Å². The summed E-state index contributed by atoms with van der Waals surface area (Å²) in [6.45, 7) is 5.97. The second-order valence-electron chi connectivity index (χ2n) is 8.19. The first-order valence-corrected chi connectivity index (χ1v) is 9.83. The maximum Gasteiger partial charge on any atom is 0.254 e. The molecule has 2 bridgehead atoms. The first-order chi connectivity index (χ1) is 12.5. The number of fused-ring (bicyclic) bond motifs is 2. The quantitative estimate of drug-likeness (QED) is 0.844. The Morgan fingerprint density at radius 1 is 1.19 bits per heavy atom. The Labute approximate surface area is 154 Å². The fraction of sp³-hybridized carbons (Fsp3) is 0.619. The van der Waals surface area contributed by atoms with Crippen molar-refractivity contribution in [2.45, 2.75) is 39.5 Å². The molecule has 1 aliphatic heterocycles. The summed E-state index contributed by atoms with van der Waals surface area (Å²) in [5.74, 6) is 3.49. The third-order valence-corrected chi connectivity index (χ3v) is 6.36. The third-order valence-electron chi connectivity index (χ3n) is 6.36. The zero-order chi connectivity index (χ0) is 18.3. The van der Waals surface area contributed by atoms with E-state index in [1.807, 2.05) is 13.8 Å². The maximum absolute atomic E-state index is 12.8. The summed E-state index contributed by atoms with van der Waals surface area (Å²) in [6, 6.07) is 1.79. The third kappa shape index (κ3) is 3.31. The molecule has 4 rings (SSSR count). The second kappa shape index (κ2) is 6.93. The summed E-state index contributed by atoms with van der Waals surface area (Å²) in [7, 11) is 0. The van der Waals surface area contributed by atoms with Crippen molar-refractivity contribution in [3.63, 3.8) is 0 Å². The standard InChI is InChI=1S/C21H28N2O3/c1-13-9-18(14(2)26-13)20(24)22-12-15-5-7-23(8-6-15)21(25)19-11-16-3-4-17(19)10-16/h3-4,9,15-17,19H,5-8,10-12H2,1-2H3,(H,22,24)/t16-,17+,19-/m1/s1. The second-order valence-corrected chi connectivity index (χ2v) is 8.19. The number of aryl methyl sites for hydroxylation is 2. The lowest BCUT2D eigenvalue weighted by Crippen LogP contribution is -2.44. The lowest BCUT2D eigenvalue weighted by Gasteiger charge is -2.34. The van der Waals surface area contributed by atoms with Crippen LogP contribution in [0.4, 0.5) is 0 Å². The Morgan fingerprint density at radius 2 is 1.96 bits per heavy atom. The van der Waals surface area contributed by atoms with Gasteiger partial charge in [0.1, 0.15) is 11.5 Å². The van der Waals surface area contributed by atoms with E-state index in [-0.39, 0.29) is 11.8 Å². The number of carbonyl (C=O) groups is 2. The van der Waals surface area contributed by atoms with Crippen LogP contribution in [0.25, 0.3) is 0 Å². The van der Waals surface area contributed by atoms with Crippen molar-refractivity contribution in [3.8, 4) is 0 Å². The highest BCUT2D eigenvalue weighted by atomic mass is 16.3. The summed E-state index contributed by atoms with van der Waals surface area (Å²) >= 11 is 0. The minimum absolute atomic E-state index is 0.0633. The van der Waals surface area contributed by atoms with Gasteiger partial charge in [-0.3, -0.25) is 9.59 Å². The Morgan fingerprint density at radius 3 is 2.54 bits per heavy atom. The maximum atomic E-state index is 12.8. The topological polar surface area (TPSA) is 62.6 Å². The Bertz CT molecular complexity index is 728. The van der Waals surface area contributed by atoms with Gasteiger partial charge in [-0.25, -0.2) is 0 Å². The highest BCUT2D eigenvalue weighted by Gasteiger charge is 2.41. The van der Waals surface area contributed by atoms with E-state index >= 15 is 0 Å². The van der Waals surface area contributed by atoms with Crippen LogP contribution < -0.4 is 5.32 Å². The largest absolute Gasteiger partial charge is 0.466 e. The fourth-order valence-electron chi connectivity index (χ4n) is 4.85. The number of rotatable bonds is 4. The molecular formula is C21H28N2O3. The number of allylic oxidation sites excluding steroid dienone is 2. The lowest BCUT2D eigenvalue weighted by atomic mass is 9.90. The molecule has 3 atom stereocenters. The Balaban J connectivity index is 1.24. The summed E-state index contributed by atoms with van der Waals surface area (Å²) in [4.78, 5) is 27.2. The van der Waals surface area contributed by atoms with Crippen molar-refractivity contribution in [1.29, 1.82) is 0 Å². The van der Waals surface area contributed by atoms with Crippen LogP contribution in [0.15, 0.2) is 22.6 Å². The van der Waals surface area contributed by atoms with Crippen molar-refractivity contribution >= 4 is 11.8 Å². The number of nitrogens with one attached hydrogen (secondary N) is 1. The molecule has 1 saturated carbocycles. The highest BCUT2D eigenvalue weighted by molar-refractivity contribution is 5.95. The van der Waals surface area contributed by atoms with E-state index in [4.69, 9.17) is 4.42 Å². The van der Waals surface area contributed by atoms with Crippen LogP contribution >= 0.6 is 0 Å². The van der Waals surface area contributed by atoms with Gasteiger partial charge in [-0.15, -0.1) is 0 Å². The lowest BCUT2D eigenvalue weighted by molar-refractivity contribution is -0.137. The fourth-order valence-corrected chi connectivity index (χ4v) is 4.85. The monoisotopic (exact) mass is 356 g/mol. The minimum Gasteiger partial charge on any atom is -0.466 e. The molecule has 140 valence electrons. The molecule has 1 aromatic heterocycles. The van der Waals surface area contributed by atoms with Gasteiger partial charge < -0.3 is 14.6 Å². The Hall–Kier alpha value is -2.04. The number of piperidine rings is 1. The van der Waals surface area contributed by atoms with Gasteiger partial charge >= 0.3 is 0 Å². The van der Waals surface area contributed by atoms with E-state index in [0.717, 1.165) is 38.1 Å². The van der Waals surface area contributed by atoms with Crippen molar-refractivity contribution in [2.24, 2.45) is 23.7 Å². The molecule has 2 heterocycles. The number of hydrogen-bond donors (Lipinski definition) is 1. The summed E-state index contributed by atoms with van der Waals surface area (Å²) in [6.07, 6.45) is 8.68. The molecule has 3 aliphatic rings. The van der Waals surface area contributed by atoms with Crippen molar-refractivity contribution in [2.75, 3.05) is 19.6 Å². The molecule has 2 aliphatic carbocycles. The molecule has 1 aromatic rings. The average Bonchev–Trinajstić information content (AvgIpc) is 3.35. The number of likely N-dealkylation sites (tertiary alicyclic amines) is 1. The van der Waals surface area contributed by atoms with Crippen LogP contribution in [0.5, 0.6) is 0 Å². The zero-order valence-corrected chi connectivity index (χ0v) is 15.7. The van der Waals surface area contributed by atoms with Gasteiger partial charge in [0.25, 0.3) is 5.91 Å². The van der Waals surface area contributed by atoms with Crippen molar-refractivity contribution in [3.05, 3.63) is 35.3 Å². The molecule has 2 fully saturated rings. The normalized spacial score (nSPS) is 27.9. The number of furan rings is 1. The molecule has 0 radical (unpaired) electrons. The number of hydrogen-bond acceptors (Lipinski definition) is 3.